The van der Waals surface area contributed by atoms with E-state index in [9.17, 15) is 0 Å². The van der Waals surface area contributed by atoms with Gasteiger partial charge in [0, 0.05) is 195 Å². The quantitative estimate of drug-likeness (QED) is 0.148. The predicted molar refractivity (Wildman–Crippen MR) is 565 cm³/mol. The number of hydrogen-bond donors (Lipinski definition) is 0. The number of rotatable bonds is 0. The van der Waals surface area contributed by atoms with Gasteiger partial charge in [0.15, 0.2) is 0 Å². The Morgan fingerprint density at radius 2 is 0.656 bits per heavy atom. The minimum atomic E-state index is 1.09. The zero-order chi connectivity index (χ0) is 96.0. The summed E-state index contributed by atoms with van der Waals surface area (Å²) in [6.45, 7) is 66.0. The third kappa shape index (κ3) is 22.7. The van der Waals surface area contributed by atoms with Crippen LogP contribution in [0.2, 0.25) is 0 Å². The molecule has 20 aromatic rings. The topological polar surface area (TPSA) is 130 Å². The third-order valence-electron chi connectivity index (χ3n) is 23.4. The maximum atomic E-state index is 4.57. The highest BCUT2D eigenvalue weighted by molar-refractivity contribution is 6.11. The van der Waals surface area contributed by atoms with Crippen LogP contribution in [-0.2, 0) is 56.4 Å². The molecule has 15 aromatic heterocycles. The zero-order valence-electron chi connectivity index (χ0n) is 85.8. The lowest BCUT2D eigenvalue weighted by Gasteiger charge is -2.04. The van der Waals surface area contributed by atoms with Crippen molar-refractivity contribution in [1.82, 2.24) is 71.4 Å². The molecule has 0 atom stereocenters. The maximum Gasteiger partial charge on any atom is 0.0962 e. The van der Waals surface area contributed by atoms with E-state index in [1.54, 1.807) is 0 Å². The molecule has 0 aliphatic heterocycles. The third-order valence-corrected chi connectivity index (χ3v) is 23.4. The highest BCUT2D eigenvalue weighted by Gasteiger charge is 2.17. The molecule has 0 fully saturated rings. The molecule has 0 spiro atoms. The monoisotopic (exact) mass is 1720 g/mol. The fourth-order valence-corrected chi connectivity index (χ4v) is 16.3. The highest BCUT2D eigenvalue weighted by Crippen LogP contribution is 2.35. The number of aryl methyl sites for hydroxylation is 24. The number of nitrogens with zero attached hydrogens (tertiary/aromatic N) is 15. The summed E-state index contributed by atoms with van der Waals surface area (Å²) in [6.07, 6.45) is 17.1. The number of hydrogen-bond acceptors (Lipinski definition) is 7. The second kappa shape index (κ2) is 50.2. The van der Waals surface area contributed by atoms with Gasteiger partial charge in [-0.15, -0.1) is 0 Å². The van der Waals surface area contributed by atoms with E-state index in [0.29, 0.717) is 0 Å². The van der Waals surface area contributed by atoms with Crippen LogP contribution in [0.5, 0.6) is 0 Å². The van der Waals surface area contributed by atoms with Crippen molar-refractivity contribution >= 4 is 131 Å². The molecule has 680 valence electrons. The summed E-state index contributed by atoms with van der Waals surface area (Å²) < 4.78 is 17.8. The summed E-state index contributed by atoms with van der Waals surface area (Å²) in [7, 11) is 16.8. The van der Waals surface area contributed by atoms with Gasteiger partial charge in [0.25, 0.3) is 0 Å². The van der Waals surface area contributed by atoms with E-state index in [1.807, 2.05) is 186 Å². The fraction of sp³-hybridized carbons (Fsp3) is 0.354. The molecule has 15 nitrogen and oxygen atoms in total. The maximum absolute atomic E-state index is 4.57. The van der Waals surface area contributed by atoms with Crippen molar-refractivity contribution < 1.29 is 0 Å². The van der Waals surface area contributed by atoms with E-state index in [-0.39, 0.29) is 0 Å². The summed E-state index contributed by atoms with van der Waals surface area (Å²) in [5, 5.41) is 11.4. The standard InChI is InChI=1S/4C14H14N2.C11H13N.3C10H12N2.8C2H6/c1-9-4-5-11-12-8-15-7-6-13(12)16(3)14(11)10(9)2;1-9-6-7-11-13-12(5-4-8-15-13)16(3)14(11)10(9)2;1-9-10(2)15-8-12-11-6-4-5-7-13(11)16(3)14(9)12;1-9-8-15-13-11-6-4-5-7-12(11)16(3)14(13)10(9)2;1-8-5-4-6-10-7-9(2)12(3)11(8)10;1-7-5-11-6-9-4-8(2)12(3)10(7)9;1-7-6-9-4-5-11-8(2)10(9)12(7)3;1-7-4-5-11-9-6-8(2)12(3)10(7)9;8*1-2/h4*4-8H,1-3H3;4-7H,1-3H3;3*4-6H,1-3H3;8*1-2H3. The van der Waals surface area contributed by atoms with Crippen molar-refractivity contribution in [1.29, 1.82) is 0 Å². The van der Waals surface area contributed by atoms with E-state index in [0.717, 1.165) is 27.9 Å². The number of fused-ring (bicyclic) bond motifs is 16. The van der Waals surface area contributed by atoms with Crippen molar-refractivity contribution in [2.45, 2.75) is 222 Å². The van der Waals surface area contributed by atoms with Gasteiger partial charge in [0.2, 0.25) is 0 Å². The van der Waals surface area contributed by atoms with E-state index < -0.39 is 0 Å². The zero-order valence-corrected chi connectivity index (χ0v) is 85.8. The van der Waals surface area contributed by atoms with Crippen LogP contribution in [0.15, 0.2) is 201 Å². The Morgan fingerprint density at radius 3 is 1.23 bits per heavy atom. The Kier molecular flexibility index (Phi) is 41.6. The van der Waals surface area contributed by atoms with Gasteiger partial charge >= 0.3 is 0 Å². The van der Waals surface area contributed by atoms with Crippen LogP contribution in [0.4, 0.5) is 0 Å². The minimum absolute atomic E-state index is 1.09. The molecule has 0 radical (unpaired) electrons. The van der Waals surface area contributed by atoms with Gasteiger partial charge in [0.05, 0.1) is 82.9 Å². The number of aromatic nitrogens is 15. The largest absolute Gasteiger partial charge is 0.348 e. The van der Waals surface area contributed by atoms with E-state index in [2.05, 4.69) is 365 Å². The molecule has 128 heavy (non-hydrogen) atoms. The van der Waals surface area contributed by atoms with E-state index >= 15 is 0 Å². The van der Waals surface area contributed by atoms with Gasteiger partial charge in [-0.25, -0.2) is 0 Å². The van der Waals surface area contributed by atoms with Crippen molar-refractivity contribution in [3.05, 3.63) is 291 Å². The number of pyridine rings is 7. The second-order valence-corrected chi connectivity index (χ2v) is 30.3. The summed E-state index contributed by atoms with van der Waals surface area (Å²) in [5.74, 6) is 0. The molecule has 0 aliphatic carbocycles. The SMILES string of the molecule is CC.CC.CC.CC.CC.CC.CC.CC.Cc1ccc2c3cnccc3n(C)c2c1C.Cc1ccc2c3ncccc3n(C)c2c1C.Cc1cccc2cc(C)n(C)c12.Cc1ccnc2cc(C)n(C)c12.Cc1cnc2c3ccccc3n(C)c2c1C.Cc1cncc2cc(C)n(C)c12.Cc1ncc2c3ccccc3n(C)c2c1C.Cc1nccc2cc(C)n(C)c12. The first-order valence-corrected chi connectivity index (χ1v) is 46.4. The van der Waals surface area contributed by atoms with Crippen LogP contribution in [-0.4, -0.2) is 71.4 Å². The molecule has 0 amide bonds. The molecule has 20 rings (SSSR count). The molecule has 15 heterocycles. The molecule has 5 aromatic carbocycles. The summed E-state index contributed by atoms with van der Waals surface area (Å²) >= 11 is 0. The average Bonchev–Trinajstić information content (AvgIpc) is 1.61. The molecular formula is C113H153N15. The Labute approximate surface area is 767 Å². The first kappa shape index (κ1) is 106. The average molecular weight is 1720 g/mol. The first-order chi connectivity index (χ1) is 61.6. The lowest BCUT2D eigenvalue weighted by Crippen LogP contribution is -1.93. The Morgan fingerprint density at radius 1 is 0.203 bits per heavy atom. The Bertz CT molecular complexity index is 6120. The van der Waals surface area contributed by atoms with Crippen molar-refractivity contribution in [3.8, 4) is 0 Å². The van der Waals surface area contributed by atoms with Gasteiger partial charge in [-0.3, -0.25) is 34.9 Å². The smallest absolute Gasteiger partial charge is 0.0962 e. The van der Waals surface area contributed by atoms with Gasteiger partial charge in [0.1, 0.15) is 0 Å². The molecular weight excluding hydrogens is 1570 g/mol. The molecule has 0 aliphatic rings. The Hall–Kier alpha value is -12.5. The van der Waals surface area contributed by atoms with Crippen LogP contribution >= 0.6 is 0 Å². The first-order valence-electron chi connectivity index (χ1n) is 46.4. The van der Waals surface area contributed by atoms with Crippen molar-refractivity contribution in [3.63, 3.8) is 0 Å². The van der Waals surface area contributed by atoms with Gasteiger partial charge in [-0.2, -0.15) is 0 Å². The van der Waals surface area contributed by atoms with Crippen LogP contribution in [0.3, 0.4) is 0 Å². The summed E-state index contributed by atoms with van der Waals surface area (Å²) in [4.78, 5) is 30.4. The van der Waals surface area contributed by atoms with Crippen molar-refractivity contribution in [2.24, 2.45) is 56.4 Å². The molecule has 0 saturated carbocycles. The van der Waals surface area contributed by atoms with Gasteiger partial charge < -0.3 is 36.5 Å². The Balaban J connectivity index is 0.000000254. The van der Waals surface area contributed by atoms with Crippen molar-refractivity contribution in [2.75, 3.05) is 0 Å². The fourth-order valence-electron chi connectivity index (χ4n) is 16.3. The summed E-state index contributed by atoms with van der Waals surface area (Å²) in [5.41, 5.74) is 39.0. The lowest BCUT2D eigenvalue weighted by atomic mass is 10.1. The van der Waals surface area contributed by atoms with E-state index in [1.165, 1.54) is 193 Å². The molecule has 0 saturated heterocycles. The minimum Gasteiger partial charge on any atom is -0.348 e. The molecule has 0 N–H and O–H groups in total. The van der Waals surface area contributed by atoms with Gasteiger partial charge in [-0.1, -0.05) is 190 Å². The number of benzene rings is 5. The van der Waals surface area contributed by atoms with Crippen LogP contribution in [0.1, 0.15) is 201 Å². The van der Waals surface area contributed by atoms with Crippen LogP contribution in [0, 0.1) is 111 Å². The normalized spacial score (nSPS) is 10.2. The molecule has 15 heteroatoms. The lowest BCUT2D eigenvalue weighted by molar-refractivity contribution is 0.909. The second-order valence-electron chi connectivity index (χ2n) is 30.3. The highest BCUT2D eigenvalue weighted by atomic mass is 15.0. The van der Waals surface area contributed by atoms with Crippen LogP contribution in [0.25, 0.3) is 131 Å². The summed E-state index contributed by atoms with van der Waals surface area (Å²) in [6, 6.07) is 51.0. The predicted octanol–water partition coefficient (Wildman–Crippen LogP) is 30.9. The van der Waals surface area contributed by atoms with Crippen LogP contribution < -0.4 is 0 Å². The number of para-hydroxylation sites is 3. The van der Waals surface area contributed by atoms with Gasteiger partial charge in [-0.05, 0) is 233 Å². The molecule has 0 bridgehead atoms. The molecule has 0 unspecified atom stereocenters. The van der Waals surface area contributed by atoms with E-state index in [4.69, 9.17) is 0 Å².